The van der Waals surface area contributed by atoms with Crippen molar-refractivity contribution in [2.24, 2.45) is 0 Å². The standard InChI is InChI=1S/C12H25N2O2PS/c1-2-18(15,16)17(13-9-5-3-6-10-13)14-11-7-4-8-12-14/h2-12H2,1H3. The van der Waals surface area contributed by atoms with Crippen LogP contribution >= 0.6 is 7.42 Å². The van der Waals surface area contributed by atoms with E-state index in [1.165, 1.54) is 12.8 Å². The largest absolute Gasteiger partial charge is 0.257 e. The molecule has 0 aromatic heterocycles. The quantitative estimate of drug-likeness (QED) is 0.747. The fourth-order valence-electron chi connectivity index (χ4n) is 2.74. The zero-order valence-corrected chi connectivity index (χ0v) is 13.1. The minimum absolute atomic E-state index is 0.283. The summed E-state index contributed by atoms with van der Waals surface area (Å²) in [5.74, 6) is 0.283. The maximum Gasteiger partial charge on any atom is 0.195 e. The van der Waals surface area contributed by atoms with Gasteiger partial charge >= 0.3 is 0 Å². The average molecular weight is 292 g/mol. The van der Waals surface area contributed by atoms with Gasteiger partial charge in [-0.1, -0.05) is 19.8 Å². The molecule has 0 aromatic carbocycles. The van der Waals surface area contributed by atoms with Crippen molar-refractivity contribution in [2.45, 2.75) is 45.4 Å². The molecule has 0 spiro atoms. The summed E-state index contributed by atoms with van der Waals surface area (Å²) in [6.45, 7) is 5.68. The normalized spacial score (nSPS) is 24.6. The summed E-state index contributed by atoms with van der Waals surface area (Å²) < 4.78 is 29.4. The minimum Gasteiger partial charge on any atom is -0.257 e. The van der Waals surface area contributed by atoms with E-state index in [0.717, 1.165) is 51.9 Å². The van der Waals surface area contributed by atoms with Crippen LogP contribution < -0.4 is 0 Å². The van der Waals surface area contributed by atoms with Crippen molar-refractivity contribution in [3.63, 3.8) is 0 Å². The lowest BCUT2D eigenvalue weighted by molar-refractivity contribution is 0.316. The van der Waals surface area contributed by atoms with Crippen LogP contribution in [0, 0.1) is 0 Å². The average Bonchev–Trinajstić information content (AvgIpc) is 2.41. The molecule has 2 saturated heterocycles. The third-order valence-corrected chi connectivity index (χ3v) is 10.4. The number of hydrogen-bond donors (Lipinski definition) is 0. The maximum absolute atomic E-state index is 12.4. The predicted molar refractivity (Wildman–Crippen MR) is 77.2 cm³/mol. The highest BCUT2D eigenvalue weighted by Gasteiger charge is 2.37. The van der Waals surface area contributed by atoms with Crippen LogP contribution in [0.25, 0.3) is 0 Å². The van der Waals surface area contributed by atoms with Crippen LogP contribution in [0.15, 0.2) is 0 Å². The second-order valence-electron chi connectivity index (χ2n) is 5.15. The van der Waals surface area contributed by atoms with Crippen LogP contribution in [-0.4, -0.2) is 49.7 Å². The van der Waals surface area contributed by atoms with Crippen molar-refractivity contribution in [3.05, 3.63) is 0 Å². The summed E-state index contributed by atoms with van der Waals surface area (Å²) in [7, 11) is -4.04. The van der Waals surface area contributed by atoms with Crippen LogP contribution in [0.2, 0.25) is 0 Å². The first-order chi connectivity index (χ1) is 8.65. The first kappa shape index (κ1) is 14.7. The molecule has 0 saturated carbocycles. The van der Waals surface area contributed by atoms with Crippen molar-refractivity contribution < 1.29 is 8.42 Å². The van der Waals surface area contributed by atoms with E-state index in [4.69, 9.17) is 0 Å². The highest BCUT2D eigenvalue weighted by atomic mass is 32.8. The molecule has 6 heteroatoms. The van der Waals surface area contributed by atoms with Crippen molar-refractivity contribution in [3.8, 4) is 0 Å². The number of rotatable bonds is 4. The highest BCUT2D eigenvalue weighted by molar-refractivity contribution is 8.48. The molecule has 0 atom stereocenters. The lowest BCUT2D eigenvalue weighted by atomic mass is 10.2. The summed E-state index contributed by atoms with van der Waals surface area (Å²) >= 11 is 0. The van der Waals surface area contributed by atoms with Crippen molar-refractivity contribution in [1.29, 1.82) is 0 Å². The Bertz CT molecular complexity index is 331. The van der Waals surface area contributed by atoms with Crippen LogP contribution in [0.1, 0.15) is 45.4 Å². The van der Waals surface area contributed by atoms with E-state index in [0.29, 0.717) is 0 Å². The molecule has 2 heterocycles. The van der Waals surface area contributed by atoms with E-state index in [9.17, 15) is 8.42 Å². The number of hydrogen-bond acceptors (Lipinski definition) is 4. The van der Waals surface area contributed by atoms with Gasteiger partial charge in [-0.2, -0.15) is 0 Å². The topological polar surface area (TPSA) is 40.6 Å². The maximum atomic E-state index is 12.4. The van der Waals surface area contributed by atoms with E-state index in [2.05, 4.69) is 9.34 Å². The number of nitrogens with zero attached hydrogens (tertiary/aromatic N) is 2. The molecule has 0 amide bonds. The van der Waals surface area contributed by atoms with Gasteiger partial charge in [-0.25, -0.2) is 8.42 Å². The van der Waals surface area contributed by atoms with Gasteiger partial charge < -0.3 is 0 Å². The zero-order chi connectivity index (χ0) is 13.0. The summed E-state index contributed by atoms with van der Waals surface area (Å²) in [5.41, 5.74) is 0. The second-order valence-corrected chi connectivity index (χ2v) is 11.2. The van der Waals surface area contributed by atoms with E-state index < -0.39 is 16.9 Å². The number of piperidine rings is 2. The lowest BCUT2D eigenvalue weighted by Crippen LogP contribution is -2.38. The molecule has 0 N–H and O–H groups in total. The second kappa shape index (κ2) is 6.65. The summed E-state index contributed by atoms with van der Waals surface area (Å²) in [6, 6.07) is 0. The van der Waals surface area contributed by atoms with E-state index in [1.54, 1.807) is 6.92 Å². The Balaban J connectivity index is 2.15. The molecule has 2 fully saturated rings. The van der Waals surface area contributed by atoms with E-state index in [1.807, 2.05) is 0 Å². The first-order valence-electron chi connectivity index (χ1n) is 7.18. The summed E-state index contributed by atoms with van der Waals surface area (Å²) in [6.07, 6.45) is 7.15. The van der Waals surface area contributed by atoms with Gasteiger partial charge in [0.25, 0.3) is 0 Å². The summed E-state index contributed by atoms with van der Waals surface area (Å²) in [4.78, 5) is 0. The Hall–Kier alpha value is 0.300. The van der Waals surface area contributed by atoms with Gasteiger partial charge in [0.2, 0.25) is 0 Å². The molecule has 0 unspecified atom stereocenters. The molecule has 0 aromatic rings. The Morgan fingerprint density at radius 3 is 1.56 bits per heavy atom. The molecular formula is C12H25N2O2PS. The summed E-state index contributed by atoms with van der Waals surface area (Å²) in [5, 5.41) is 0. The molecule has 0 radical (unpaired) electrons. The Labute approximate surface area is 112 Å². The van der Waals surface area contributed by atoms with Gasteiger partial charge in [0.15, 0.2) is 16.9 Å². The molecular weight excluding hydrogens is 267 g/mol. The van der Waals surface area contributed by atoms with Crippen molar-refractivity contribution >= 4 is 16.9 Å². The zero-order valence-electron chi connectivity index (χ0n) is 11.3. The fourth-order valence-corrected chi connectivity index (χ4v) is 9.07. The fraction of sp³-hybridized carbons (Fsp3) is 1.00. The Morgan fingerprint density at radius 1 is 0.833 bits per heavy atom. The van der Waals surface area contributed by atoms with Gasteiger partial charge in [0.05, 0.1) is 5.75 Å². The lowest BCUT2D eigenvalue weighted by Gasteiger charge is -2.41. The molecule has 2 aliphatic rings. The van der Waals surface area contributed by atoms with Crippen LogP contribution in [-0.2, 0) is 9.46 Å². The van der Waals surface area contributed by atoms with Gasteiger partial charge in [0, 0.05) is 26.2 Å². The van der Waals surface area contributed by atoms with Gasteiger partial charge in [-0.15, -0.1) is 0 Å². The molecule has 0 aliphatic carbocycles. The predicted octanol–water partition coefficient (Wildman–Crippen LogP) is 2.62. The van der Waals surface area contributed by atoms with Gasteiger partial charge in [-0.3, -0.25) is 9.34 Å². The van der Waals surface area contributed by atoms with Gasteiger partial charge in [-0.05, 0) is 25.7 Å². The molecule has 106 valence electrons. The monoisotopic (exact) mass is 292 g/mol. The van der Waals surface area contributed by atoms with Crippen LogP contribution in [0.5, 0.6) is 0 Å². The third-order valence-electron chi connectivity index (χ3n) is 3.76. The van der Waals surface area contributed by atoms with Gasteiger partial charge in [0.1, 0.15) is 0 Å². The van der Waals surface area contributed by atoms with E-state index in [-0.39, 0.29) is 5.75 Å². The molecule has 2 rings (SSSR count). The SMILES string of the molecule is CCS(=O)(=O)P(N1CCCCC1)N1CCCCC1. The highest BCUT2D eigenvalue weighted by Crippen LogP contribution is 2.52. The van der Waals surface area contributed by atoms with Crippen molar-refractivity contribution in [1.82, 2.24) is 9.34 Å². The Kier molecular flexibility index (Phi) is 5.43. The minimum atomic E-state index is -2.94. The smallest absolute Gasteiger partial charge is 0.195 e. The molecule has 4 nitrogen and oxygen atoms in total. The third kappa shape index (κ3) is 3.44. The molecule has 0 bridgehead atoms. The van der Waals surface area contributed by atoms with Crippen molar-refractivity contribution in [2.75, 3.05) is 31.9 Å². The molecule has 2 aliphatic heterocycles. The first-order valence-corrected chi connectivity index (χ1v) is 10.7. The van der Waals surface area contributed by atoms with Crippen LogP contribution in [0.4, 0.5) is 0 Å². The van der Waals surface area contributed by atoms with Crippen LogP contribution in [0.3, 0.4) is 0 Å². The van der Waals surface area contributed by atoms with E-state index >= 15 is 0 Å². The Morgan fingerprint density at radius 2 is 1.22 bits per heavy atom. The molecule has 18 heavy (non-hydrogen) atoms.